The van der Waals surface area contributed by atoms with Crippen LogP contribution in [0.5, 0.6) is 0 Å². The molecule has 0 radical (unpaired) electrons. The smallest absolute Gasteiger partial charge is 0.350 e. The van der Waals surface area contributed by atoms with Gasteiger partial charge in [-0.25, -0.2) is 9.48 Å². The zero-order valence-electron chi connectivity index (χ0n) is 10.4. The highest BCUT2D eigenvalue weighted by Gasteiger charge is 2.11. The number of nitrogens with one attached hydrogen (secondary N) is 1. The van der Waals surface area contributed by atoms with Gasteiger partial charge in [-0.15, -0.1) is 17.5 Å². The van der Waals surface area contributed by atoms with Gasteiger partial charge in [-0.1, -0.05) is 6.07 Å². The van der Waals surface area contributed by atoms with Gasteiger partial charge in [0.15, 0.2) is 5.65 Å². The first kappa shape index (κ1) is 15.2. The van der Waals surface area contributed by atoms with Gasteiger partial charge in [0, 0.05) is 18.8 Å². The van der Waals surface area contributed by atoms with Gasteiger partial charge in [0.05, 0.1) is 0 Å². The average molecular weight is 286 g/mol. The Morgan fingerprint density at radius 1 is 1.53 bits per heavy atom. The van der Waals surface area contributed by atoms with Crippen LogP contribution in [0.25, 0.3) is 5.65 Å². The number of fused-ring (bicyclic) bond motifs is 1. The van der Waals surface area contributed by atoms with Gasteiger partial charge in [-0.05, 0) is 19.1 Å². The van der Waals surface area contributed by atoms with E-state index in [0.717, 1.165) is 4.68 Å². The van der Waals surface area contributed by atoms with E-state index < -0.39 is 0 Å². The second kappa shape index (κ2) is 6.35. The molecule has 0 bridgehead atoms. The summed E-state index contributed by atoms with van der Waals surface area (Å²) in [6, 6.07) is 5.10. The summed E-state index contributed by atoms with van der Waals surface area (Å²) in [5.41, 5.74) is 5.59. The molecule has 2 aromatic heterocycles. The lowest BCUT2D eigenvalue weighted by Gasteiger charge is -2.10. The maximum Gasteiger partial charge on any atom is 0.350 e. The SMILES string of the molecule is C[C@@H](CN)NC(=O)Cn1nc2ccccn2c1=O.Cl. The summed E-state index contributed by atoms with van der Waals surface area (Å²) >= 11 is 0. The third-order valence-corrected chi connectivity index (χ3v) is 2.54. The van der Waals surface area contributed by atoms with Crippen LogP contribution in [-0.4, -0.2) is 32.7 Å². The summed E-state index contributed by atoms with van der Waals surface area (Å²) in [6.45, 7) is 2.04. The van der Waals surface area contributed by atoms with Crippen LogP contribution >= 0.6 is 12.4 Å². The third kappa shape index (κ3) is 3.33. The Bertz CT molecular complexity index is 621. The number of carbonyl (C=O) groups excluding carboxylic acids is 1. The number of amides is 1. The number of carbonyl (C=O) groups is 1. The van der Waals surface area contributed by atoms with E-state index in [1.54, 1.807) is 31.3 Å². The van der Waals surface area contributed by atoms with Crippen molar-refractivity contribution in [3.8, 4) is 0 Å². The molecule has 2 heterocycles. The first-order valence-corrected chi connectivity index (χ1v) is 5.65. The summed E-state index contributed by atoms with van der Waals surface area (Å²) in [5, 5.41) is 6.74. The van der Waals surface area contributed by atoms with Crippen molar-refractivity contribution in [1.82, 2.24) is 19.5 Å². The highest BCUT2D eigenvalue weighted by Crippen LogP contribution is 1.94. The molecule has 0 aliphatic rings. The zero-order valence-corrected chi connectivity index (χ0v) is 11.3. The van der Waals surface area contributed by atoms with Crippen LogP contribution < -0.4 is 16.7 Å². The number of nitrogens with two attached hydrogens (primary N) is 1. The molecular weight excluding hydrogens is 270 g/mol. The van der Waals surface area contributed by atoms with Crippen molar-refractivity contribution in [2.24, 2.45) is 5.73 Å². The topological polar surface area (TPSA) is 94.4 Å². The summed E-state index contributed by atoms with van der Waals surface area (Å²) < 4.78 is 2.52. The van der Waals surface area contributed by atoms with E-state index in [1.807, 2.05) is 0 Å². The second-order valence-electron chi connectivity index (χ2n) is 4.07. The highest BCUT2D eigenvalue weighted by atomic mass is 35.5. The molecule has 0 spiro atoms. The lowest BCUT2D eigenvalue weighted by molar-refractivity contribution is -0.122. The number of hydrogen-bond acceptors (Lipinski definition) is 4. The largest absolute Gasteiger partial charge is 0.351 e. The van der Waals surface area contributed by atoms with Crippen LogP contribution in [0.1, 0.15) is 6.92 Å². The van der Waals surface area contributed by atoms with E-state index in [4.69, 9.17) is 5.73 Å². The van der Waals surface area contributed by atoms with Gasteiger partial charge in [-0.2, -0.15) is 0 Å². The fourth-order valence-corrected chi connectivity index (χ4v) is 1.59. The highest BCUT2D eigenvalue weighted by molar-refractivity contribution is 5.85. The van der Waals surface area contributed by atoms with Gasteiger partial charge in [-0.3, -0.25) is 9.20 Å². The molecule has 0 saturated carbocycles. The van der Waals surface area contributed by atoms with Gasteiger partial charge >= 0.3 is 5.69 Å². The molecule has 1 amide bonds. The zero-order chi connectivity index (χ0) is 13.1. The minimum absolute atomic E-state index is 0. The maximum absolute atomic E-state index is 11.9. The average Bonchev–Trinajstić information content (AvgIpc) is 2.66. The number of hydrogen-bond donors (Lipinski definition) is 2. The maximum atomic E-state index is 11.9. The molecule has 2 aromatic rings. The van der Waals surface area contributed by atoms with Crippen LogP contribution in [0.2, 0.25) is 0 Å². The van der Waals surface area contributed by atoms with E-state index in [-0.39, 0.29) is 36.6 Å². The quantitative estimate of drug-likeness (QED) is 0.783. The van der Waals surface area contributed by atoms with Crippen molar-refractivity contribution in [1.29, 1.82) is 0 Å². The Morgan fingerprint density at radius 2 is 2.26 bits per heavy atom. The van der Waals surface area contributed by atoms with E-state index in [9.17, 15) is 9.59 Å². The molecule has 104 valence electrons. The van der Waals surface area contributed by atoms with Gasteiger partial charge < -0.3 is 11.1 Å². The molecule has 7 nitrogen and oxygen atoms in total. The fourth-order valence-electron chi connectivity index (χ4n) is 1.59. The lowest BCUT2D eigenvalue weighted by Crippen LogP contribution is -2.41. The molecule has 2 rings (SSSR count). The monoisotopic (exact) mass is 285 g/mol. The first-order chi connectivity index (χ1) is 8.61. The number of aromatic nitrogens is 3. The van der Waals surface area contributed by atoms with Gasteiger partial charge in [0.1, 0.15) is 6.54 Å². The molecule has 0 fully saturated rings. The Hall–Kier alpha value is -1.86. The number of halogens is 1. The molecule has 0 aliphatic carbocycles. The summed E-state index contributed by atoms with van der Waals surface area (Å²) in [7, 11) is 0. The number of rotatable bonds is 4. The standard InChI is InChI=1S/C11H15N5O2.ClH/c1-8(6-12)13-10(17)7-16-11(18)15-5-3-2-4-9(15)14-16;/h2-5,8H,6-7,12H2,1H3,(H,13,17);1H/t8-;/m0./s1. The van der Waals surface area contributed by atoms with Crippen LogP contribution in [0, 0.1) is 0 Å². The Morgan fingerprint density at radius 3 is 2.89 bits per heavy atom. The third-order valence-electron chi connectivity index (χ3n) is 2.54. The predicted octanol–water partition coefficient (Wildman–Crippen LogP) is -0.619. The minimum atomic E-state index is -0.332. The molecule has 0 aliphatic heterocycles. The Kier molecular flexibility index (Phi) is 5.08. The molecule has 8 heteroatoms. The summed E-state index contributed by atoms with van der Waals surface area (Å²) in [5.74, 6) is -0.279. The molecule has 1 atom stereocenters. The van der Waals surface area contributed by atoms with E-state index >= 15 is 0 Å². The molecule has 0 aromatic carbocycles. The van der Waals surface area contributed by atoms with Crippen molar-refractivity contribution in [3.63, 3.8) is 0 Å². The number of pyridine rings is 1. The van der Waals surface area contributed by atoms with Crippen molar-refractivity contribution in [2.75, 3.05) is 6.54 Å². The van der Waals surface area contributed by atoms with Crippen LogP contribution in [-0.2, 0) is 11.3 Å². The van der Waals surface area contributed by atoms with Crippen molar-refractivity contribution < 1.29 is 4.79 Å². The van der Waals surface area contributed by atoms with E-state index in [1.165, 1.54) is 4.40 Å². The number of nitrogens with zero attached hydrogens (tertiary/aromatic N) is 3. The minimum Gasteiger partial charge on any atom is -0.351 e. The van der Waals surface area contributed by atoms with Gasteiger partial charge in [0.2, 0.25) is 5.91 Å². The second-order valence-corrected chi connectivity index (χ2v) is 4.07. The summed E-state index contributed by atoms with van der Waals surface area (Å²) in [6.07, 6.45) is 1.61. The molecule has 0 unspecified atom stereocenters. The van der Waals surface area contributed by atoms with Crippen molar-refractivity contribution in [3.05, 3.63) is 34.9 Å². The van der Waals surface area contributed by atoms with Crippen LogP contribution in [0.4, 0.5) is 0 Å². The van der Waals surface area contributed by atoms with Gasteiger partial charge in [0.25, 0.3) is 0 Å². The summed E-state index contributed by atoms with van der Waals surface area (Å²) in [4.78, 5) is 23.5. The molecule has 3 N–H and O–H groups in total. The van der Waals surface area contributed by atoms with Crippen molar-refractivity contribution >= 4 is 24.0 Å². The predicted molar refractivity (Wildman–Crippen MR) is 73.4 cm³/mol. The first-order valence-electron chi connectivity index (χ1n) is 5.65. The van der Waals surface area contributed by atoms with Crippen LogP contribution in [0.3, 0.4) is 0 Å². The Labute approximate surface area is 115 Å². The lowest BCUT2D eigenvalue weighted by atomic mass is 10.3. The Balaban J connectivity index is 0.00000180. The molecular formula is C11H16ClN5O2. The molecule has 0 saturated heterocycles. The van der Waals surface area contributed by atoms with E-state index in [2.05, 4.69) is 10.4 Å². The fraction of sp³-hybridized carbons (Fsp3) is 0.364. The van der Waals surface area contributed by atoms with Crippen LogP contribution in [0.15, 0.2) is 29.2 Å². The molecule has 19 heavy (non-hydrogen) atoms. The van der Waals surface area contributed by atoms with Crippen molar-refractivity contribution in [2.45, 2.75) is 19.5 Å². The van der Waals surface area contributed by atoms with E-state index in [0.29, 0.717) is 12.2 Å². The normalized spacial score (nSPS) is 11.9.